The number of ketones is 1. The fourth-order valence-electron chi connectivity index (χ4n) is 1.50. The van der Waals surface area contributed by atoms with Gasteiger partial charge in [-0.15, -0.1) is 0 Å². The summed E-state index contributed by atoms with van der Waals surface area (Å²) in [7, 11) is 0. The number of Topliss-reactive ketones (excluding diaryl/α,β-unsaturated/α-hetero) is 1. The minimum atomic E-state index is -0.794. The zero-order valence-corrected chi connectivity index (χ0v) is 10.1. The highest BCUT2D eigenvalue weighted by Crippen LogP contribution is 2.31. The maximum Gasteiger partial charge on any atom is 0.248 e. The Balaban J connectivity index is 2.25. The smallest absolute Gasteiger partial charge is 0.248 e. The molecule has 1 aliphatic rings. The molecule has 0 saturated heterocycles. The first-order valence-electron chi connectivity index (χ1n) is 4.70. The van der Waals surface area contributed by atoms with Gasteiger partial charge < -0.3 is 15.2 Å². The van der Waals surface area contributed by atoms with Gasteiger partial charge in [-0.2, -0.15) is 0 Å². The summed E-state index contributed by atoms with van der Waals surface area (Å²) in [5.41, 5.74) is 7.16. The molecule has 6 heteroatoms. The van der Waals surface area contributed by atoms with E-state index in [-0.39, 0.29) is 17.4 Å². The molecule has 1 aliphatic heterocycles. The average molecular weight is 270 g/mol. The van der Waals surface area contributed by atoms with Crippen LogP contribution in [0.15, 0.2) is 35.9 Å². The van der Waals surface area contributed by atoms with E-state index in [9.17, 15) is 4.79 Å². The van der Waals surface area contributed by atoms with Crippen LogP contribution >= 0.6 is 23.8 Å². The molecule has 4 nitrogen and oxygen atoms in total. The number of carbonyl (C=O) groups excluding carboxylic acids is 1. The largest absolute Gasteiger partial charge is 0.460 e. The summed E-state index contributed by atoms with van der Waals surface area (Å²) in [6.45, 7) is 0. The Kier molecular flexibility index (Phi) is 3.31. The molecule has 17 heavy (non-hydrogen) atoms. The molecule has 0 amide bonds. The standard InChI is InChI=1S/C11H8ClNO3S/c12-7-3-1-6(2-4-7)9-8(14)10(15-5-17)11(13)16-9/h1-5,9H,13H2. The van der Waals surface area contributed by atoms with Gasteiger partial charge in [0.1, 0.15) is 0 Å². The van der Waals surface area contributed by atoms with Crippen LogP contribution in [0.2, 0.25) is 5.02 Å². The molecule has 0 bridgehead atoms. The molecule has 0 radical (unpaired) electrons. The molecule has 1 heterocycles. The number of nitrogens with two attached hydrogens (primary N) is 1. The van der Waals surface area contributed by atoms with E-state index in [1.807, 2.05) is 0 Å². The fraction of sp³-hybridized carbons (Fsp3) is 0.0909. The number of halogens is 1. The second kappa shape index (κ2) is 4.73. The Morgan fingerprint density at radius 2 is 2.06 bits per heavy atom. The summed E-state index contributed by atoms with van der Waals surface area (Å²) >= 11 is 10.3. The third-order valence-corrected chi connectivity index (χ3v) is 2.62. The molecule has 1 aromatic carbocycles. The van der Waals surface area contributed by atoms with Crippen molar-refractivity contribution < 1.29 is 14.3 Å². The number of carbonyl (C=O) groups is 1. The lowest BCUT2D eigenvalue weighted by atomic mass is 10.1. The van der Waals surface area contributed by atoms with Crippen molar-refractivity contribution in [1.82, 2.24) is 0 Å². The quantitative estimate of drug-likeness (QED) is 0.852. The van der Waals surface area contributed by atoms with Crippen molar-refractivity contribution in [2.75, 3.05) is 0 Å². The monoisotopic (exact) mass is 269 g/mol. The molecule has 1 unspecified atom stereocenters. The first kappa shape index (κ1) is 11.9. The van der Waals surface area contributed by atoms with Gasteiger partial charge in [-0.05, 0) is 24.4 Å². The van der Waals surface area contributed by atoms with Crippen LogP contribution in [0.1, 0.15) is 11.7 Å². The molecule has 88 valence electrons. The van der Waals surface area contributed by atoms with Gasteiger partial charge in [0.2, 0.25) is 17.4 Å². The number of benzene rings is 1. The second-order valence-corrected chi connectivity index (χ2v) is 3.95. The van der Waals surface area contributed by atoms with Crippen LogP contribution in [0.3, 0.4) is 0 Å². The fourth-order valence-corrected chi connectivity index (χ4v) is 1.72. The maximum absolute atomic E-state index is 11.9. The van der Waals surface area contributed by atoms with Crippen LogP contribution in [0.5, 0.6) is 0 Å². The van der Waals surface area contributed by atoms with Gasteiger partial charge >= 0.3 is 0 Å². The van der Waals surface area contributed by atoms with Crippen molar-refractivity contribution in [3.63, 3.8) is 0 Å². The molecule has 0 aromatic heterocycles. The number of hydrogen-bond acceptors (Lipinski definition) is 5. The summed E-state index contributed by atoms with van der Waals surface area (Å²) in [4.78, 5) is 11.9. The van der Waals surface area contributed by atoms with E-state index < -0.39 is 6.10 Å². The van der Waals surface area contributed by atoms with Crippen molar-refractivity contribution in [1.29, 1.82) is 0 Å². The highest BCUT2D eigenvalue weighted by molar-refractivity contribution is 7.78. The number of rotatable bonds is 3. The van der Waals surface area contributed by atoms with E-state index in [2.05, 4.69) is 12.2 Å². The normalized spacial score (nSPS) is 19.1. The van der Waals surface area contributed by atoms with Gasteiger partial charge in [0.25, 0.3) is 0 Å². The summed E-state index contributed by atoms with van der Waals surface area (Å²) in [6, 6.07) is 6.72. The van der Waals surface area contributed by atoms with E-state index in [0.29, 0.717) is 10.6 Å². The Hall–Kier alpha value is -1.59. The molecule has 0 aliphatic carbocycles. The summed E-state index contributed by atoms with van der Waals surface area (Å²) < 4.78 is 10.1. The SMILES string of the molecule is NC1=C(OC=S)C(=O)C(c2ccc(Cl)cc2)O1. The lowest BCUT2D eigenvalue weighted by Gasteiger charge is -2.09. The molecule has 0 spiro atoms. The summed E-state index contributed by atoms with van der Waals surface area (Å²) in [5, 5.41) is 0.579. The van der Waals surface area contributed by atoms with E-state index in [1.54, 1.807) is 24.3 Å². The van der Waals surface area contributed by atoms with Crippen LogP contribution in [0, 0.1) is 0 Å². The highest BCUT2D eigenvalue weighted by atomic mass is 35.5. The molecule has 1 aromatic rings. The van der Waals surface area contributed by atoms with Crippen molar-refractivity contribution in [3.8, 4) is 0 Å². The van der Waals surface area contributed by atoms with Crippen molar-refractivity contribution in [2.45, 2.75) is 6.10 Å². The Labute approximate surface area is 108 Å². The van der Waals surface area contributed by atoms with Gasteiger partial charge in [0.05, 0.1) is 0 Å². The van der Waals surface area contributed by atoms with E-state index in [0.717, 1.165) is 5.55 Å². The maximum atomic E-state index is 11.9. The second-order valence-electron chi connectivity index (χ2n) is 3.32. The van der Waals surface area contributed by atoms with E-state index in [4.69, 9.17) is 26.8 Å². The molecular formula is C11H8ClNO3S. The van der Waals surface area contributed by atoms with Crippen LogP contribution in [0.25, 0.3) is 0 Å². The van der Waals surface area contributed by atoms with E-state index >= 15 is 0 Å². The third kappa shape index (κ3) is 2.25. The Bertz CT molecular complexity index is 498. The zero-order chi connectivity index (χ0) is 12.4. The van der Waals surface area contributed by atoms with Crippen molar-refractivity contribution in [3.05, 3.63) is 46.5 Å². The van der Waals surface area contributed by atoms with Gasteiger partial charge in [-0.1, -0.05) is 23.7 Å². The lowest BCUT2D eigenvalue weighted by molar-refractivity contribution is -0.123. The molecule has 0 saturated carbocycles. The minimum Gasteiger partial charge on any atom is -0.460 e. The first-order chi connectivity index (χ1) is 8.13. The van der Waals surface area contributed by atoms with Gasteiger partial charge in [0.15, 0.2) is 11.7 Å². The van der Waals surface area contributed by atoms with Crippen LogP contribution in [-0.2, 0) is 14.3 Å². The predicted molar refractivity (Wildman–Crippen MR) is 66.2 cm³/mol. The molecule has 0 fully saturated rings. The zero-order valence-electron chi connectivity index (χ0n) is 8.55. The van der Waals surface area contributed by atoms with Crippen LogP contribution < -0.4 is 5.73 Å². The Morgan fingerprint density at radius 1 is 1.41 bits per heavy atom. The highest BCUT2D eigenvalue weighted by Gasteiger charge is 2.36. The molecule has 2 rings (SSSR count). The molecular weight excluding hydrogens is 262 g/mol. The first-order valence-corrected chi connectivity index (χ1v) is 5.55. The number of hydrogen-bond donors (Lipinski definition) is 1. The number of thiocarbonyl (C=S) groups is 1. The van der Waals surface area contributed by atoms with Crippen molar-refractivity contribution >= 4 is 35.2 Å². The summed E-state index contributed by atoms with van der Waals surface area (Å²) in [5.74, 6) is -0.470. The lowest BCUT2D eigenvalue weighted by Crippen LogP contribution is -2.10. The predicted octanol–water partition coefficient (Wildman–Crippen LogP) is 2.08. The van der Waals surface area contributed by atoms with Gasteiger partial charge in [-0.25, -0.2) is 0 Å². The van der Waals surface area contributed by atoms with Crippen LogP contribution in [0.4, 0.5) is 0 Å². The Morgan fingerprint density at radius 3 is 2.65 bits per heavy atom. The van der Waals surface area contributed by atoms with Gasteiger partial charge in [0, 0.05) is 10.6 Å². The number of ether oxygens (including phenoxy) is 2. The summed E-state index contributed by atoms with van der Waals surface area (Å²) in [6.07, 6.45) is -0.794. The van der Waals surface area contributed by atoms with Crippen molar-refractivity contribution in [2.24, 2.45) is 5.73 Å². The molecule has 2 N–H and O–H groups in total. The molecule has 1 atom stereocenters. The van der Waals surface area contributed by atoms with Gasteiger partial charge in [-0.3, -0.25) is 4.79 Å². The third-order valence-electron chi connectivity index (χ3n) is 2.27. The topological polar surface area (TPSA) is 61.5 Å². The minimum absolute atomic E-state index is 0.0556. The van der Waals surface area contributed by atoms with Crippen LogP contribution in [-0.4, -0.2) is 11.3 Å². The average Bonchev–Trinajstić information content (AvgIpc) is 2.59. The van der Waals surface area contributed by atoms with E-state index in [1.165, 1.54) is 0 Å².